The molecule has 0 spiro atoms. The summed E-state index contributed by atoms with van der Waals surface area (Å²) >= 11 is 8.62. The van der Waals surface area contributed by atoms with E-state index < -0.39 is 4.92 Å². The maximum atomic E-state index is 12.0. The molecule has 1 aromatic carbocycles. The Morgan fingerprint density at radius 3 is 3.00 bits per heavy atom. The largest absolute Gasteiger partial charge is 0.324 e. The van der Waals surface area contributed by atoms with Crippen LogP contribution < -0.4 is 5.32 Å². The summed E-state index contributed by atoms with van der Waals surface area (Å²) in [5.74, 6) is 0.315. The van der Waals surface area contributed by atoms with Gasteiger partial charge in [0.2, 0.25) is 11.1 Å². The molecule has 3 rings (SSSR count). The van der Waals surface area contributed by atoms with Crippen molar-refractivity contribution >= 4 is 52.0 Å². The molecule has 0 unspecified atom stereocenters. The van der Waals surface area contributed by atoms with Gasteiger partial charge in [0, 0.05) is 12.1 Å². The Kier molecular flexibility index (Phi) is 5.31. The first-order valence-corrected chi connectivity index (χ1v) is 9.10. The number of amides is 1. The number of aromatic amines is 1. The predicted molar refractivity (Wildman–Crippen MR) is 97.2 cm³/mol. The van der Waals surface area contributed by atoms with Crippen LogP contribution >= 0.6 is 34.7 Å². The minimum Gasteiger partial charge on any atom is -0.324 e. The standard InChI is InChI=1S/C14H10ClN5O3S2/c15-9-4-3-8(20(22)23)6-10(9)16-12(21)7-25-14-17-13(18-19-14)11-2-1-5-24-11/h1-6H,7H2,(H,16,21)(H,17,18,19). The number of nitrogens with one attached hydrogen (secondary N) is 2. The highest BCUT2D eigenvalue weighted by Gasteiger charge is 2.14. The van der Waals surface area contributed by atoms with Crippen molar-refractivity contribution in [3.8, 4) is 10.7 Å². The van der Waals surface area contributed by atoms with Crippen LogP contribution in [-0.2, 0) is 4.79 Å². The summed E-state index contributed by atoms with van der Waals surface area (Å²) in [6.45, 7) is 0. The van der Waals surface area contributed by atoms with Gasteiger partial charge >= 0.3 is 0 Å². The fourth-order valence-electron chi connectivity index (χ4n) is 1.87. The molecule has 0 atom stereocenters. The van der Waals surface area contributed by atoms with Crippen LogP contribution in [0.1, 0.15) is 0 Å². The van der Waals surface area contributed by atoms with Crippen LogP contribution in [0.5, 0.6) is 0 Å². The first-order valence-electron chi connectivity index (χ1n) is 6.86. The summed E-state index contributed by atoms with van der Waals surface area (Å²) in [4.78, 5) is 27.5. The number of non-ortho nitro benzene ring substituents is 1. The summed E-state index contributed by atoms with van der Waals surface area (Å²) in [6, 6.07) is 7.67. The number of halogens is 1. The number of H-pyrrole nitrogens is 1. The van der Waals surface area contributed by atoms with Crippen molar-refractivity contribution in [3.05, 3.63) is 50.8 Å². The Morgan fingerprint density at radius 2 is 2.28 bits per heavy atom. The molecule has 2 aromatic heterocycles. The topological polar surface area (TPSA) is 114 Å². The summed E-state index contributed by atoms with van der Waals surface area (Å²) in [7, 11) is 0. The van der Waals surface area contributed by atoms with Crippen molar-refractivity contribution in [3.63, 3.8) is 0 Å². The second-order valence-corrected chi connectivity index (χ2v) is 7.00. The highest BCUT2D eigenvalue weighted by molar-refractivity contribution is 7.99. The molecule has 25 heavy (non-hydrogen) atoms. The zero-order valence-electron chi connectivity index (χ0n) is 12.4. The van der Waals surface area contributed by atoms with Gasteiger partial charge in [-0.3, -0.25) is 20.0 Å². The summed E-state index contributed by atoms with van der Waals surface area (Å²) in [5.41, 5.74) is 0.0395. The van der Waals surface area contributed by atoms with Gasteiger partial charge in [0.25, 0.3) is 5.69 Å². The number of carbonyl (C=O) groups excluding carboxylic acids is 1. The monoisotopic (exact) mass is 395 g/mol. The van der Waals surface area contributed by atoms with Crippen LogP contribution in [0.25, 0.3) is 10.7 Å². The third kappa shape index (κ3) is 4.35. The van der Waals surface area contributed by atoms with Gasteiger partial charge in [0.05, 0.1) is 26.3 Å². The number of benzene rings is 1. The van der Waals surface area contributed by atoms with E-state index in [9.17, 15) is 14.9 Å². The van der Waals surface area contributed by atoms with Crippen LogP contribution in [-0.4, -0.2) is 31.8 Å². The zero-order chi connectivity index (χ0) is 17.8. The molecule has 8 nitrogen and oxygen atoms in total. The van der Waals surface area contributed by atoms with Crippen LogP contribution in [0.3, 0.4) is 0 Å². The van der Waals surface area contributed by atoms with Crippen molar-refractivity contribution < 1.29 is 9.72 Å². The Balaban J connectivity index is 1.60. The van der Waals surface area contributed by atoms with E-state index >= 15 is 0 Å². The average Bonchev–Trinajstić information content (AvgIpc) is 3.26. The number of thioether (sulfide) groups is 1. The Labute approximate surface area is 154 Å². The van der Waals surface area contributed by atoms with E-state index in [0.29, 0.717) is 11.0 Å². The summed E-state index contributed by atoms with van der Waals surface area (Å²) in [5, 5.41) is 22.8. The van der Waals surface area contributed by atoms with Crippen molar-refractivity contribution in [2.45, 2.75) is 5.16 Å². The molecule has 0 saturated carbocycles. The molecule has 128 valence electrons. The number of hydrogen-bond donors (Lipinski definition) is 2. The normalized spacial score (nSPS) is 10.6. The molecule has 1 amide bonds. The second-order valence-electron chi connectivity index (χ2n) is 4.70. The number of aromatic nitrogens is 3. The molecule has 0 radical (unpaired) electrons. The van der Waals surface area contributed by atoms with E-state index in [-0.39, 0.29) is 28.1 Å². The molecule has 0 aliphatic rings. The highest BCUT2D eigenvalue weighted by Crippen LogP contribution is 2.27. The van der Waals surface area contributed by atoms with Gasteiger partial charge in [-0.1, -0.05) is 29.4 Å². The van der Waals surface area contributed by atoms with E-state index in [1.54, 1.807) is 0 Å². The van der Waals surface area contributed by atoms with Crippen LogP contribution in [0.2, 0.25) is 5.02 Å². The van der Waals surface area contributed by atoms with Gasteiger partial charge in [0.1, 0.15) is 0 Å². The SMILES string of the molecule is O=C(CSc1n[nH]c(-c2cccs2)n1)Nc1cc([N+](=O)[O-])ccc1Cl. The number of rotatable bonds is 6. The molecule has 3 aromatic rings. The smallest absolute Gasteiger partial charge is 0.271 e. The molecule has 0 fully saturated rings. The summed E-state index contributed by atoms with van der Waals surface area (Å²) < 4.78 is 0. The van der Waals surface area contributed by atoms with Gasteiger partial charge in [-0.05, 0) is 17.5 Å². The van der Waals surface area contributed by atoms with E-state index in [1.807, 2.05) is 17.5 Å². The average molecular weight is 396 g/mol. The predicted octanol–water partition coefficient (Wildman–Crippen LogP) is 3.83. The number of carbonyl (C=O) groups is 1. The fraction of sp³-hybridized carbons (Fsp3) is 0.0714. The van der Waals surface area contributed by atoms with Crippen molar-refractivity contribution in [1.29, 1.82) is 0 Å². The first-order chi connectivity index (χ1) is 12.0. The second kappa shape index (κ2) is 7.64. The van der Waals surface area contributed by atoms with Crippen molar-refractivity contribution in [2.24, 2.45) is 0 Å². The maximum absolute atomic E-state index is 12.0. The van der Waals surface area contributed by atoms with Crippen LogP contribution in [0.4, 0.5) is 11.4 Å². The Hall–Kier alpha value is -2.43. The molecule has 0 aliphatic carbocycles. The van der Waals surface area contributed by atoms with Crippen LogP contribution in [0.15, 0.2) is 40.9 Å². The number of nitrogens with zero attached hydrogens (tertiary/aromatic N) is 3. The Bertz CT molecular complexity index is 913. The minimum atomic E-state index is -0.555. The van der Waals surface area contributed by atoms with Gasteiger partial charge in [-0.15, -0.1) is 16.4 Å². The van der Waals surface area contributed by atoms with E-state index in [2.05, 4.69) is 20.5 Å². The van der Waals surface area contributed by atoms with Crippen molar-refractivity contribution in [2.75, 3.05) is 11.1 Å². The maximum Gasteiger partial charge on any atom is 0.271 e. The molecule has 0 aliphatic heterocycles. The van der Waals surface area contributed by atoms with E-state index in [0.717, 1.165) is 16.6 Å². The molecule has 0 bridgehead atoms. The van der Waals surface area contributed by atoms with E-state index in [1.165, 1.54) is 29.5 Å². The van der Waals surface area contributed by atoms with E-state index in [4.69, 9.17) is 11.6 Å². The van der Waals surface area contributed by atoms with Gasteiger partial charge < -0.3 is 5.32 Å². The first kappa shape index (κ1) is 17.4. The molecule has 2 heterocycles. The lowest BCUT2D eigenvalue weighted by Crippen LogP contribution is -2.14. The number of nitro groups is 1. The Morgan fingerprint density at radius 1 is 1.44 bits per heavy atom. The molecule has 0 saturated heterocycles. The number of thiophene rings is 1. The number of anilines is 1. The minimum absolute atomic E-state index is 0.0424. The highest BCUT2D eigenvalue weighted by atomic mass is 35.5. The van der Waals surface area contributed by atoms with Gasteiger partial charge in [-0.25, -0.2) is 4.98 Å². The quantitative estimate of drug-likeness (QED) is 0.372. The zero-order valence-corrected chi connectivity index (χ0v) is 14.8. The molecule has 2 N–H and O–H groups in total. The molecular weight excluding hydrogens is 386 g/mol. The number of hydrogen-bond acceptors (Lipinski definition) is 7. The molecular formula is C14H10ClN5O3S2. The lowest BCUT2D eigenvalue weighted by molar-refractivity contribution is -0.384. The lowest BCUT2D eigenvalue weighted by atomic mass is 10.3. The lowest BCUT2D eigenvalue weighted by Gasteiger charge is -2.06. The summed E-state index contributed by atoms with van der Waals surface area (Å²) in [6.07, 6.45) is 0. The third-order valence-electron chi connectivity index (χ3n) is 2.99. The van der Waals surface area contributed by atoms with Crippen LogP contribution in [0, 0.1) is 10.1 Å². The van der Waals surface area contributed by atoms with Crippen molar-refractivity contribution in [1.82, 2.24) is 15.2 Å². The number of nitro benzene ring substituents is 1. The molecule has 11 heteroatoms. The van der Waals surface area contributed by atoms with Gasteiger partial charge in [0.15, 0.2) is 5.82 Å². The third-order valence-corrected chi connectivity index (χ3v) is 5.04. The van der Waals surface area contributed by atoms with Gasteiger partial charge in [-0.2, -0.15) is 0 Å². The fourth-order valence-corrected chi connectivity index (χ4v) is 3.30.